The highest BCUT2D eigenvalue weighted by atomic mass is 79.9. The number of nitrogen functional groups attached to an aromatic ring is 1. The van der Waals surface area contributed by atoms with Crippen LogP contribution in [0.2, 0.25) is 0 Å². The molecule has 0 saturated carbocycles. The lowest BCUT2D eigenvalue weighted by atomic mass is 10.2. The van der Waals surface area contributed by atoms with Crippen LogP contribution in [0.1, 0.15) is 5.56 Å². The van der Waals surface area contributed by atoms with Crippen LogP contribution in [0, 0.1) is 11.3 Å². The number of hydrogen-bond acceptors (Lipinski definition) is 3. The van der Waals surface area contributed by atoms with Gasteiger partial charge in [0, 0.05) is 4.47 Å². The number of anilines is 1. The highest BCUT2D eigenvalue weighted by Gasteiger charge is 2.33. The van der Waals surface area contributed by atoms with Crippen molar-refractivity contribution in [2.24, 2.45) is 0 Å². The van der Waals surface area contributed by atoms with E-state index in [9.17, 15) is 13.2 Å². The van der Waals surface area contributed by atoms with E-state index in [1.807, 2.05) is 0 Å². The maximum atomic E-state index is 11.9. The van der Waals surface area contributed by atoms with Crippen LogP contribution in [0.25, 0.3) is 0 Å². The molecule has 0 aliphatic heterocycles. The molecule has 1 aromatic carbocycles. The highest BCUT2D eigenvalue weighted by Crippen LogP contribution is 2.34. The quantitative estimate of drug-likeness (QED) is 0.805. The molecule has 0 radical (unpaired) electrons. The number of nitrogens with two attached hydrogens (primary N) is 1. The van der Waals surface area contributed by atoms with Crippen molar-refractivity contribution in [3.63, 3.8) is 0 Å². The molecule has 7 heteroatoms. The average molecular weight is 281 g/mol. The molecule has 15 heavy (non-hydrogen) atoms. The Bertz CT molecular complexity index is 425. The summed E-state index contributed by atoms with van der Waals surface area (Å²) in [5, 5.41) is 8.59. The van der Waals surface area contributed by atoms with Crippen LogP contribution in [-0.4, -0.2) is 6.36 Å². The first-order valence-corrected chi connectivity index (χ1v) is 4.37. The summed E-state index contributed by atoms with van der Waals surface area (Å²) in [5.41, 5.74) is 4.77. The molecule has 0 amide bonds. The first kappa shape index (κ1) is 11.7. The van der Waals surface area contributed by atoms with Crippen LogP contribution in [-0.2, 0) is 0 Å². The maximum Gasteiger partial charge on any atom is 0.573 e. The van der Waals surface area contributed by atoms with Crippen LogP contribution in [0.5, 0.6) is 5.75 Å². The summed E-state index contributed by atoms with van der Waals surface area (Å²) in [4.78, 5) is 0. The maximum absolute atomic E-state index is 11.9. The average Bonchev–Trinajstić information content (AvgIpc) is 2.07. The van der Waals surface area contributed by atoms with Crippen molar-refractivity contribution in [3.05, 3.63) is 22.2 Å². The first-order chi connectivity index (χ1) is 6.83. The summed E-state index contributed by atoms with van der Waals surface area (Å²) < 4.78 is 39.9. The Morgan fingerprint density at radius 1 is 1.40 bits per heavy atom. The molecule has 0 heterocycles. The van der Waals surface area contributed by atoms with Crippen molar-refractivity contribution < 1.29 is 17.9 Å². The van der Waals surface area contributed by atoms with Crippen LogP contribution in [0.4, 0.5) is 18.9 Å². The Morgan fingerprint density at radius 3 is 2.47 bits per heavy atom. The number of nitrogens with zero attached hydrogens (tertiary/aromatic N) is 1. The third-order valence-electron chi connectivity index (χ3n) is 1.42. The van der Waals surface area contributed by atoms with Crippen LogP contribution < -0.4 is 10.5 Å². The monoisotopic (exact) mass is 280 g/mol. The summed E-state index contributed by atoms with van der Waals surface area (Å²) in [6, 6.07) is 3.98. The van der Waals surface area contributed by atoms with E-state index in [2.05, 4.69) is 20.7 Å². The van der Waals surface area contributed by atoms with Crippen LogP contribution in [0.3, 0.4) is 0 Å². The van der Waals surface area contributed by atoms with Crippen molar-refractivity contribution in [3.8, 4) is 11.8 Å². The molecule has 1 rings (SSSR count). The predicted molar refractivity (Wildman–Crippen MR) is 50.0 cm³/mol. The second kappa shape index (κ2) is 3.98. The molecule has 0 aliphatic rings. The van der Waals surface area contributed by atoms with E-state index in [1.165, 1.54) is 12.1 Å². The Balaban J connectivity index is 3.23. The number of alkyl halides is 3. The molecule has 0 fully saturated rings. The van der Waals surface area contributed by atoms with E-state index in [0.717, 1.165) is 0 Å². The molecular weight excluding hydrogens is 277 g/mol. The second-order valence-electron chi connectivity index (χ2n) is 2.53. The van der Waals surface area contributed by atoms with Gasteiger partial charge in [0.15, 0.2) is 5.75 Å². The molecule has 2 N–H and O–H groups in total. The molecule has 1 aromatic rings. The summed E-state index contributed by atoms with van der Waals surface area (Å²) in [6.45, 7) is 0. The molecule has 80 valence electrons. The van der Waals surface area contributed by atoms with Gasteiger partial charge in [-0.1, -0.05) is 15.9 Å². The number of ether oxygens (including phenoxy) is 1. The molecule has 3 nitrogen and oxygen atoms in total. The number of halogens is 4. The summed E-state index contributed by atoms with van der Waals surface area (Å²) in [5.74, 6) is -0.673. The van der Waals surface area contributed by atoms with Crippen molar-refractivity contribution in [1.29, 1.82) is 5.26 Å². The summed E-state index contributed by atoms with van der Waals surface area (Å²) >= 11 is 3.00. The zero-order chi connectivity index (χ0) is 11.6. The molecule has 0 bridgehead atoms. The smallest absolute Gasteiger partial charge is 0.402 e. The Hall–Kier alpha value is -1.42. The molecule has 0 unspecified atom stereocenters. The fourth-order valence-corrected chi connectivity index (χ4v) is 1.40. The van der Waals surface area contributed by atoms with E-state index >= 15 is 0 Å². The summed E-state index contributed by atoms with van der Waals surface area (Å²) in [6.07, 6.45) is -4.87. The minimum absolute atomic E-state index is 0.252. The lowest BCUT2D eigenvalue weighted by Gasteiger charge is -2.12. The number of nitriles is 1. The predicted octanol–water partition coefficient (Wildman–Crippen LogP) is 2.80. The van der Waals surface area contributed by atoms with Crippen molar-refractivity contribution >= 4 is 21.6 Å². The van der Waals surface area contributed by atoms with Gasteiger partial charge in [0.1, 0.15) is 6.07 Å². The van der Waals surface area contributed by atoms with Crippen molar-refractivity contribution in [2.75, 3.05) is 5.73 Å². The molecule has 0 aliphatic carbocycles. The van der Waals surface area contributed by atoms with Gasteiger partial charge >= 0.3 is 6.36 Å². The molecule has 0 atom stereocenters. The van der Waals surface area contributed by atoms with Gasteiger partial charge in [-0.3, -0.25) is 0 Å². The van der Waals surface area contributed by atoms with Gasteiger partial charge in [-0.25, -0.2) is 0 Å². The van der Waals surface area contributed by atoms with Crippen molar-refractivity contribution in [2.45, 2.75) is 6.36 Å². The largest absolute Gasteiger partial charge is 0.573 e. The van der Waals surface area contributed by atoms with E-state index in [1.54, 1.807) is 6.07 Å². The fraction of sp³-hybridized carbons (Fsp3) is 0.125. The lowest BCUT2D eigenvalue weighted by molar-refractivity contribution is -0.274. The molecular formula is C8H4BrF3N2O. The second-order valence-corrected chi connectivity index (χ2v) is 3.45. The molecule has 0 aromatic heterocycles. The number of hydrogen-bond donors (Lipinski definition) is 1. The third-order valence-corrected chi connectivity index (χ3v) is 1.88. The van der Waals surface area contributed by atoms with Crippen LogP contribution in [0.15, 0.2) is 16.6 Å². The minimum Gasteiger partial charge on any atom is -0.402 e. The van der Waals surface area contributed by atoms with E-state index in [4.69, 9.17) is 11.0 Å². The van der Waals surface area contributed by atoms with Gasteiger partial charge < -0.3 is 10.5 Å². The first-order valence-electron chi connectivity index (χ1n) is 3.58. The van der Waals surface area contributed by atoms with Gasteiger partial charge in [0.05, 0.1) is 11.3 Å². The van der Waals surface area contributed by atoms with E-state index in [0.29, 0.717) is 4.47 Å². The highest BCUT2D eigenvalue weighted by molar-refractivity contribution is 9.10. The fourth-order valence-electron chi connectivity index (χ4n) is 0.927. The molecule has 0 saturated heterocycles. The SMILES string of the molecule is N#Cc1cc(Br)cc(N)c1OC(F)(F)F. The van der Waals surface area contributed by atoms with E-state index < -0.39 is 12.1 Å². The van der Waals surface area contributed by atoms with Crippen molar-refractivity contribution in [1.82, 2.24) is 0 Å². The normalized spacial score (nSPS) is 10.9. The zero-order valence-corrected chi connectivity index (χ0v) is 8.69. The Labute approximate surface area is 91.4 Å². The number of rotatable bonds is 1. The third kappa shape index (κ3) is 3.02. The van der Waals surface area contributed by atoms with Gasteiger partial charge in [0.25, 0.3) is 0 Å². The minimum atomic E-state index is -4.87. The van der Waals surface area contributed by atoms with Gasteiger partial charge in [0.2, 0.25) is 0 Å². The molecule has 0 spiro atoms. The van der Waals surface area contributed by atoms with Gasteiger partial charge in [-0.15, -0.1) is 13.2 Å². The topological polar surface area (TPSA) is 59.0 Å². The number of benzene rings is 1. The van der Waals surface area contributed by atoms with E-state index in [-0.39, 0.29) is 11.3 Å². The zero-order valence-electron chi connectivity index (χ0n) is 7.10. The van der Waals surface area contributed by atoms with Crippen LogP contribution >= 0.6 is 15.9 Å². The van der Waals surface area contributed by atoms with Gasteiger partial charge in [-0.2, -0.15) is 5.26 Å². The Morgan fingerprint density at radius 2 is 2.00 bits per heavy atom. The standard InChI is InChI=1S/C8H4BrF3N2O/c9-5-1-4(3-13)7(6(14)2-5)15-8(10,11)12/h1-2H,14H2. The lowest BCUT2D eigenvalue weighted by Crippen LogP contribution is -2.18. The Kier molecular flexibility index (Phi) is 3.09. The van der Waals surface area contributed by atoms with Gasteiger partial charge in [-0.05, 0) is 12.1 Å². The summed E-state index contributed by atoms with van der Waals surface area (Å²) in [7, 11) is 0.